The van der Waals surface area contributed by atoms with E-state index < -0.39 is 260 Å². The van der Waals surface area contributed by atoms with Gasteiger partial charge in [0.1, 0.15) is 72.0 Å². The first-order chi connectivity index (χ1) is 65.8. The number of aliphatic hydroxyl groups excluding tert-OH is 1. The number of imidazole rings is 1. The number of hydrogen-bond donors (Lipinski definition) is 16. The maximum atomic E-state index is 16.3. The number of fused-ring (bicyclic) bond motifs is 4. The summed E-state index contributed by atoms with van der Waals surface area (Å²) in [6, 6.07) is 10.1. The molecule has 7 aromatic rings. The number of nitrogens with two attached hydrogens (primary N) is 3. The van der Waals surface area contributed by atoms with Crippen LogP contribution in [0.4, 0.5) is 0 Å². The molecule has 0 saturated carbocycles. The SMILES string of the molecule is CCCC[C@H]1C(=O)N[C@@H](CC(C)C)C(=O)C[C@H](C(=O)CCC(N)=O)CSCC(=O)N[C@@H](Cc2ccc(O)cc2)C(=O)N(C)[C@@H](C)C(=O)C[C@@H](CC(N)=O)C(=O)N2CCC[C@H]2C(=O)N[C@@H](Cc2cnc[nH]2)C(=O)N[C@@H](CCC(=O)O)C(=O)N2C[C@H](O)C[C@H]2C(=O)N[C@@H](Cc2c[nH]c3ccccc23)C(=O)N[C@@H](CCN)C(=O)N[C@@H](Cc2c[nH]c3ccccc23)C(=O)N(Cc2ccccc2)[C@@H](C)C(=O)N1C. The molecular weight excluding hydrogens is 1800 g/mol. The van der Waals surface area contributed by atoms with Crippen molar-refractivity contribution in [2.24, 2.45) is 35.0 Å². The summed E-state index contributed by atoms with van der Waals surface area (Å²) in [4.78, 5) is 284. The van der Waals surface area contributed by atoms with Crippen molar-refractivity contribution in [3.05, 3.63) is 156 Å². The molecule has 3 saturated heterocycles. The number of nitrogens with one attached hydrogen (secondary N) is 10. The number of aromatic amines is 3. The number of aliphatic carboxylic acids is 1. The number of rotatable bonds is 26. The van der Waals surface area contributed by atoms with Crippen LogP contribution in [0.15, 0.2) is 128 Å². The molecule has 3 aromatic heterocycles. The predicted octanol–water partition coefficient (Wildman–Crippen LogP) is 1.84. The molecule has 0 radical (unpaired) electrons. The van der Waals surface area contributed by atoms with E-state index in [2.05, 4.69) is 57.2 Å². The minimum atomic E-state index is -1.83. The number of carboxylic acids is 1. The smallest absolute Gasteiger partial charge is 0.303 e. The number of aromatic hydroxyl groups is 1. The number of likely N-dealkylation sites (N-methyl/N-ethyl adjacent to an activating group) is 2. The van der Waals surface area contributed by atoms with Gasteiger partial charge >= 0.3 is 5.97 Å². The fraction of sp³-hybridized carbons (Fsp3) is 0.495. The van der Waals surface area contributed by atoms with Crippen LogP contribution in [0.25, 0.3) is 21.8 Å². The third-order valence-corrected chi connectivity index (χ3v) is 26.6. The van der Waals surface area contributed by atoms with Gasteiger partial charge in [0, 0.05) is 162 Å². The number of unbranched alkanes of at least 4 members (excludes halogenated alkanes) is 1. The first-order valence-electron chi connectivity index (χ1n) is 46.6. The van der Waals surface area contributed by atoms with Crippen molar-refractivity contribution in [3.8, 4) is 5.75 Å². The predicted molar refractivity (Wildman–Crippen MR) is 508 cm³/mol. The van der Waals surface area contributed by atoms with E-state index in [0.29, 0.717) is 56.9 Å². The van der Waals surface area contributed by atoms with Gasteiger partial charge in [0.05, 0.1) is 36.2 Å². The first-order valence-corrected chi connectivity index (χ1v) is 47.7. The number of para-hydroxylation sites is 2. The number of benzene rings is 4. The summed E-state index contributed by atoms with van der Waals surface area (Å²) in [5.74, 6) is -20.1. The van der Waals surface area contributed by atoms with Gasteiger partial charge in [0.25, 0.3) is 0 Å². The van der Waals surface area contributed by atoms with Crippen LogP contribution >= 0.6 is 11.8 Å². The Labute approximate surface area is 802 Å². The molecule has 3 aliphatic rings. The van der Waals surface area contributed by atoms with E-state index in [9.17, 15) is 58.5 Å². The van der Waals surface area contributed by atoms with Crippen LogP contribution in [0.1, 0.15) is 159 Å². The number of phenols is 1. The molecule has 4 aromatic carbocycles. The Morgan fingerprint density at radius 2 is 1.14 bits per heavy atom. The van der Waals surface area contributed by atoms with Crippen molar-refractivity contribution in [1.82, 2.24) is 81.7 Å². The van der Waals surface area contributed by atoms with Gasteiger partial charge < -0.3 is 109 Å². The number of carbonyl (C=O) groups is 18. The molecule has 6 heterocycles. The fourth-order valence-electron chi connectivity index (χ4n) is 17.8. The standard InChI is InChI=1S/C97H127N19O21S/c1-8-9-24-77-90(130)108-72(37-54(2)3)82(121)42-62(80(119)31-32-83(99)122)51-138-52-85(124)105-75(38-57-26-28-64(117)29-27-57)95(135)112(6)55(4)81(120)41-59(43-84(100)123)94(134)114-36-17-25-78(114)91(131)110-74(44-63-48-101-53-104-63)89(129)107-71(30-33-86(125)126)96(136)116-50-65(118)45-79(116)92(132)109-73(39-60-46-102-68-22-15-13-20-66(60)68)88(128)106-70(34-35-98)87(127)111-76(40-61-47-103-69-23-16-14-21-67(61)69)97(137)115(56(5)93(133)113(77)7)49-58-18-11-10-12-19-58/h10-16,18-23,26-29,46-48,53-56,59,62,65,70-79,102-103,117-118H,8-9,17,24-25,30-45,49-52,98H2,1-7H3,(H2,99,122)(H2,100,123)(H,101,104)(H,105,124)(H,106,128)(H,107,129)(H,108,130)(H,109,132)(H,110,131)(H,111,127)(H,125,126)/t55-,56-,59-,62-,65+,70-,71-,72-,73-,74-,75-,76-,77-,78-,79-/m0/s1. The highest BCUT2D eigenvalue weighted by Gasteiger charge is 2.47. The zero-order valence-electron chi connectivity index (χ0n) is 78.6. The van der Waals surface area contributed by atoms with E-state index in [1.165, 1.54) is 74.5 Å². The van der Waals surface area contributed by atoms with Crippen LogP contribution in [-0.2, 0) is 119 Å². The summed E-state index contributed by atoms with van der Waals surface area (Å²) < 4.78 is 0. The average Bonchev–Trinajstić information content (AvgIpc) is 1.76. The molecule has 0 bridgehead atoms. The number of ketones is 3. The lowest BCUT2D eigenvalue weighted by molar-refractivity contribution is -0.150. The lowest BCUT2D eigenvalue weighted by Gasteiger charge is -2.37. The molecule has 3 fully saturated rings. The van der Waals surface area contributed by atoms with E-state index in [0.717, 1.165) is 26.5 Å². The number of Topliss-reactive ketones (excluding diaryl/α,β-unsaturated/α-hetero) is 3. The molecular formula is C97H127N19O21S. The van der Waals surface area contributed by atoms with Crippen LogP contribution in [0.5, 0.6) is 5.75 Å². The Balaban J connectivity index is 1.04. The van der Waals surface area contributed by atoms with Crippen molar-refractivity contribution in [2.75, 3.05) is 45.2 Å². The van der Waals surface area contributed by atoms with Crippen LogP contribution in [0, 0.1) is 17.8 Å². The van der Waals surface area contributed by atoms with Gasteiger partial charge in [-0.05, 0) is 111 Å². The normalized spacial score (nSPS) is 24.6. The van der Waals surface area contributed by atoms with Gasteiger partial charge in [0.2, 0.25) is 82.7 Å². The van der Waals surface area contributed by atoms with Gasteiger partial charge in [-0.3, -0.25) is 86.3 Å². The van der Waals surface area contributed by atoms with Crippen LogP contribution in [0.2, 0.25) is 0 Å². The number of aromatic nitrogens is 4. The lowest BCUT2D eigenvalue weighted by Crippen LogP contribution is -2.61. The second-order valence-corrected chi connectivity index (χ2v) is 37.2. The lowest BCUT2D eigenvalue weighted by atomic mass is 9.90. The third kappa shape index (κ3) is 29.2. The largest absolute Gasteiger partial charge is 0.508 e. The molecule has 0 unspecified atom stereocenters. The van der Waals surface area contributed by atoms with E-state index in [1.54, 1.807) is 105 Å². The monoisotopic (exact) mass is 1930 g/mol. The second-order valence-electron chi connectivity index (χ2n) is 36.2. The average molecular weight is 1930 g/mol. The molecule has 3 aliphatic heterocycles. The highest BCUT2D eigenvalue weighted by Crippen LogP contribution is 2.30. The van der Waals surface area contributed by atoms with Crippen molar-refractivity contribution < 1.29 is 102 Å². The minimum Gasteiger partial charge on any atom is -0.508 e. The third-order valence-electron chi connectivity index (χ3n) is 25.5. The molecule has 40 nitrogen and oxygen atoms in total. The Hall–Kier alpha value is -13.7. The fourth-order valence-corrected chi connectivity index (χ4v) is 18.7. The Kier molecular flexibility index (Phi) is 38.8. The van der Waals surface area contributed by atoms with Crippen molar-refractivity contribution in [3.63, 3.8) is 0 Å². The van der Waals surface area contributed by atoms with E-state index in [1.807, 2.05) is 6.92 Å². The summed E-state index contributed by atoms with van der Waals surface area (Å²) in [7, 11) is 2.64. The van der Waals surface area contributed by atoms with Crippen molar-refractivity contribution in [1.29, 1.82) is 0 Å². The number of primary amides is 2. The summed E-state index contributed by atoms with van der Waals surface area (Å²) >= 11 is 0.895. The van der Waals surface area contributed by atoms with Gasteiger partial charge in [0.15, 0.2) is 11.6 Å². The van der Waals surface area contributed by atoms with E-state index in [-0.39, 0.29) is 101 Å². The number of hydrogen-bond acceptors (Lipinski definition) is 23. The second kappa shape index (κ2) is 50.4. The topological polar surface area (TPSA) is 607 Å². The van der Waals surface area contributed by atoms with Gasteiger partial charge in [-0.1, -0.05) is 112 Å². The van der Waals surface area contributed by atoms with Gasteiger partial charge in [-0.15, -0.1) is 0 Å². The number of carboxylic acid groups (broad SMARTS) is 1. The molecule has 19 N–H and O–H groups in total. The van der Waals surface area contributed by atoms with Crippen LogP contribution in [-0.4, -0.2) is 290 Å². The maximum Gasteiger partial charge on any atom is 0.303 e. The van der Waals surface area contributed by atoms with Crippen molar-refractivity contribution in [2.45, 2.75) is 242 Å². The Morgan fingerprint density at radius 1 is 0.551 bits per heavy atom. The number of H-pyrrole nitrogens is 3. The molecule has 0 aliphatic carbocycles. The molecule has 138 heavy (non-hydrogen) atoms. The quantitative estimate of drug-likeness (QED) is 0.0368. The number of thioether (sulfide) groups is 1. The Morgan fingerprint density at radius 3 is 1.75 bits per heavy atom. The molecule has 0 spiro atoms. The zero-order valence-corrected chi connectivity index (χ0v) is 79.4. The summed E-state index contributed by atoms with van der Waals surface area (Å²) in [6.45, 7) is 7.03. The van der Waals surface area contributed by atoms with Gasteiger partial charge in [-0.2, -0.15) is 11.8 Å². The highest BCUT2D eigenvalue weighted by molar-refractivity contribution is 7.99. The van der Waals surface area contributed by atoms with E-state index >= 15 is 43.2 Å². The number of aliphatic hydroxyl groups is 1. The molecule has 14 amide bonds. The maximum absolute atomic E-state index is 16.3. The minimum absolute atomic E-state index is 0.0185. The first kappa shape index (κ1) is 106. The zero-order chi connectivity index (χ0) is 100. The highest BCUT2D eigenvalue weighted by atomic mass is 32.2. The van der Waals surface area contributed by atoms with Gasteiger partial charge in [-0.25, -0.2) is 4.98 Å². The summed E-state index contributed by atoms with van der Waals surface area (Å²) in [5, 5.41) is 52.4. The molecule has 742 valence electrons. The van der Waals surface area contributed by atoms with Crippen LogP contribution < -0.4 is 54.4 Å². The van der Waals surface area contributed by atoms with Crippen LogP contribution in [0.3, 0.4) is 0 Å². The summed E-state index contributed by atoms with van der Waals surface area (Å²) in [5.41, 5.74) is 21.1. The molecule has 15 atom stereocenters. The number of amides is 14. The number of carbonyl (C=O) groups excluding carboxylic acids is 17. The molecule has 41 heteroatoms. The summed E-state index contributed by atoms with van der Waals surface area (Å²) in [6.07, 6.45) is -0.717. The van der Waals surface area contributed by atoms with E-state index in [4.69, 9.17) is 17.2 Å². The number of phenolic OH excluding ortho intramolecular Hbond substituents is 1. The van der Waals surface area contributed by atoms with Crippen molar-refractivity contribution >= 4 is 140 Å². The molecule has 10 rings (SSSR count). The Bertz CT molecular complexity index is 5520. The number of nitrogens with zero attached hydrogens (tertiary/aromatic N) is 6.